The van der Waals surface area contributed by atoms with Crippen molar-refractivity contribution >= 4 is 34.8 Å². The molecular weight excluding hydrogens is 223 g/mol. The van der Waals surface area contributed by atoms with Crippen molar-refractivity contribution in [2.45, 2.75) is 18.3 Å². The predicted molar refractivity (Wildman–Crippen MR) is 56.3 cm³/mol. The summed E-state index contributed by atoms with van der Waals surface area (Å²) in [6, 6.07) is 3.61. The molecule has 0 aromatic carbocycles. The molecule has 1 aromatic heterocycles. The smallest absolute Gasteiger partial charge is 0.272 e. The Morgan fingerprint density at radius 1 is 1.57 bits per heavy atom. The van der Waals surface area contributed by atoms with Gasteiger partial charge in [0.1, 0.15) is 0 Å². The number of aromatic nitrogens is 1. The van der Waals surface area contributed by atoms with Gasteiger partial charge in [0, 0.05) is 6.07 Å². The molecule has 14 heavy (non-hydrogen) atoms. The molecule has 0 unspecified atom stereocenters. The Morgan fingerprint density at radius 3 is 2.79 bits per heavy atom. The first-order valence-electron chi connectivity index (χ1n) is 4.07. The molecule has 0 saturated carbocycles. The van der Waals surface area contributed by atoms with E-state index < -0.39 is 4.84 Å². The van der Waals surface area contributed by atoms with Gasteiger partial charge in [-0.2, -0.15) is 0 Å². The minimum Gasteiger partial charge on any atom is -0.292 e. The van der Waals surface area contributed by atoms with Gasteiger partial charge in [0.05, 0.1) is 6.20 Å². The van der Waals surface area contributed by atoms with Gasteiger partial charge in [-0.1, -0.05) is 23.2 Å². The Kier molecular flexibility index (Phi) is 3.72. The van der Waals surface area contributed by atoms with Crippen LogP contribution in [0, 0.1) is 6.92 Å². The molecule has 0 spiro atoms. The number of anilines is 1. The minimum absolute atomic E-state index is 0.102. The normalized spacial score (nSPS) is 10.6. The first-order chi connectivity index (χ1) is 6.50. The summed E-state index contributed by atoms with van der Waals surface area (Å²) < 4.78 is 1.62. The van der Waals surface area contributed by atoms with Crippen molar-refractivity contribution in [3.05, 3.63) is 23.9 Å². The second kappa shape index (κ2) is 4.62. The first-order valence-corrected chi connectivity index (χ1v) is 4.94. The van der Waals surface area contributed by atoms with Gasteiger partial charge in [-0.25, -0.2) is 4.57 Å². The standard InChI is InChI=1S/C9H10Cl2N2O/c1-6-2-3-8(12)13(4-6)5-7(14)9(10)11/h2-4,9,12H,5H2,1H3/p+1. The van der Waals surface area contributed by atoms with Crippen molar-refractivity contribution in [2.24, 2.45) is 0 Å². The third-order valence-corrected chi connectivity index (χ3v) is 2.26. The van der Waals surface area contributed by atoms with Crippen LogP contribution in [0.4, 0.5) is 5.82 Å². The van der Waals surface area contributed by atoms with Gasteiger partial charge in [-0.3, -0.25) is 10.5 Å². The lowest BCUT2D eigenvalue weighted by molar-refractivity contribution is -0.670. The monoisotopic (exact) mass is 233 g/mol. The molecule has 0 bridgehead atoms. The Bertz CT molecular complexity index is 353. The predicted octanol–water partition coefficient (Wildman–Crippen LogP) is 1.24. The Labute approximate surface area is 92.4 Å². The van der Waals surface area contributed by atoms with Crippen molar-refractivity contribution in [3.8, 4) is 0 Å². The summed E-state index contributed by atoms with van der Waals surface area (Å²) in [7, 11) is 0. The molecule has 0 radical (unpaired) electrons. The fraction of sp³-hybridized carbons (Fsp3) is 0.333. The number of nitrogens with two attached hydrogens (primary N) is 1. The van der Waals surface area contributed by atoms with Crippen molar-refractivity contribution in [1.82, 2.24) is 0 Å². The van der Waals surface area contributed by atoms with Gasteiger partial charge in [-0.15, -0.1) is 0 Å². The zero-order chi connectivity index (χ0) is 10.7. The van der Waals surface area contributed by atoms with E-state index in [1.54, 1.807) is 16.8 Å². The van der Waals surface area contributed by atoms with Gasteiger partial charge >= 0.3 is 0 Å². The van der Waals surface area contributed by atoms with E-state index in [4.69, 9.17) is 28.9 Å². The van der Waals surface area contributed by atoms with E-state index in [-0.39, 0.29) is 12.3 Å². The van der Waals surface area contributed by atoms with Crippen LogP contribution in [0.2, 0.25) is 0 Å². The van der Waals surface area contributed by atoms with E-state index in [0.717, 1.165) is 5.56 Å². The highest BCUT2D eigenvalue weighted by Gasteiger charge is 2.16. The van der Waals surface area contributed by atoms with Crippen LogP contribution in [0.25, 0.3) is 0 Å². The van der Waals surface area contributed by atoms with Crippen LogP contribution in [0.1, 0.15) is 5.56 Å². The van der Waals surface area contributed by atoms with Gasteiger partial charge < -0.3 is 0 Å². The number of hydrogen-bond donors (Lipinski definition) is 1. The molecule has 0 fully saturated rings. The summed E-state index contributed by atoms with van der Waals surface area (Å²) in [6.45, 7) is 2.02. The van der Waals surface area contributed by atoms with Crippen LogP contribution >= 0.6 is 23.2 Å². The molecule has 1 aromatic rings. The quantitative estimate of drug-likeness (QED) is 0.631. The molecule has 0 aliphatic rings. The SMILES string of the molecule is Cc1ccc(N)[n+](CC(=O)C(Cl)Cl)c1. The summed E-state index contributed by atoms with van der Waals surface area (Å²) >= 11 is 10.9. The van der Waals surface area contributed by atoms with Crippen molar-refractivity contribution in [3.63, 3.8) is 0 Å². The number of rotatable bonds is 3. The van der Waals surface area contributed by atoms with Gasteiger partial charge in [0.2, 0.25) is 5.78 Å². The summed E-state index contributed by atoms with van der Waals surface area (Å²) in [5.74, 6) is 0.244. The third-order valence-electron chi connectivity index (χ3n) is 1.78. The van der Waals surface area contributed by atoms with Gasteiger partial charge in [-0.05, 0) is 18.6 Å². The fourth-order valence-corrected chi connectivity index (χ4v) is 1.19. The van der Waals surface area contributed by atoms with Crippen LogP contribution < -0.4 is 10.3 Å². The molecular formula is C9H11Cl2N2O+. The Morgan fingerprint density at radius 2 is 2.21 bits per heavy atom. The van der Waals surface area contributed by atoms with E-state index in [1.165, 1.54) is 0 Å². The van der Waals surface area contributed by atoms with E-state index >= 15 is 0 Å². The highest BCUT2D eigenvalue weighted by molar-refractivity contribution is 6.53. The van der Waals surface area contributed by atoms with E-state index in [1.807, 2.05) is 13.0 Å². The lowest BCUT2D eigenvalue weighted by Gasteiger charge is -2.03. The zero-order valence-corrected chi connectivity index (χ0v) is 9.22. The summed E-state index contributed by atoms with van der Waals surface area (Å²) in [6.07, 6.45) is 1.78. The molecule has 2 N–H and O–H groups in total. The second-order valence-electron chi connectivity index (χ2n) is 3.03. The molecule has 1 rings (SSSR count). The average molecular weight is 234 g/mol. The number of carbonyl (C=O) groups excluding carboxylic acids is 1. The molecule has 1 heterocycles. The largest absolute Gasteiger partial charge is 0.292 e. The molecule has 0 aliphatic heterocycles. The fourth-order valence-electron chi connectivity index (χ4n) is 1.05. The number of aryl methyl sites for hydroxylation is 1. The maximum atomic E-state index is 11.2. The zero-order valence-electron chi connectivity index (χ0n) is 7.71. The molecule has 0 aliphatic carbocycles. The summed E-state index contributed by atoms with van der Waals surface area (Å²) in [5, 5.41) is 0. The van der Waals surface area contributed by atoms with E-state index in [2.05, 4.69) is 0 Å². The highest BCUT2D eigenvalue weighted by Crippen LogP contribution is 2.04. The number of ketones is 1. The number of nitrogens with zero attached hydrogens (tertiary/aromatic N) is 1. The highest BCUT2D eigenvalue weighted by atomic mass is 35.5. The lowest BCUT2D eigenvalue weighted by atomic mass is 10.3. The number of pyridine rings is 1. The number of carbonyl (C=O) groups is 1. The van der Waals surface area contributed by atoms with E-state index in [9.17, 15) is 4.79 Å². The molecule has 76 valence electrons. The van der Waals surface area contributed by atoms with E-state index in [0.29, 0.717) is 5.82 Å². The molecule has 0 atom stereocenters. The number of Topliss-reactive ketones (excluding diaryl/α,β-unsaturated/α-hetero) is 1. The first kappa shape index (κ1) is 11.3. The number of hydrogen-bond acceptors (Lipinski definition) is 2. The molecule has 0 amide bonds. The summed E-state index contributed by atoms with van der Waals surface area (Å²) in [4.78, 5) is 10.2. The lowest BCUT2D eigenvalue weighted by Crippen LogP contribution is -2.42. The van der Waals surface area contributed by atoms with Crippen molar-refractivity contribution < 1.29 is 9.36 Å². The number of nitrogen functional groups attached to an aromatic ring is 1. The molecule has 3 nitrogen and oxygen atoms in total. The topological polar surface area (TPSA) is 47.0 Å². The maximum absolute atomic E-state index is 11.2. The maximum Gasteiger partial charge on any atom is 0.272 e. The van der Waals surface area contributed by atoms with Crippen LogP contribution in [-0.2, 0) is 11.3 Å². The number of alkyl halides is 2. The minimum atomic E-state index is -0.998. The van der Waals surface area contributed by atoms with Crippen LogP contribution in [0.15, 0.2) is 18.3 Å². The molecule has 0 saturated heterocycles. The van der Waals surface area contributed by atoms with Crippen molar-refractivity contribution in [2.75, 3.05) is 5.73 Å². The van der Waals surface area contributed by atoms with Crippen LogP contribution in [0.5, 0.6) is 0 Å². The molecule has 5 heteroatoms. The number of halogens is 2. The van der Waals surface area contributed by atoms with Gasteiger partial charge in [0.15, 0.2) is 11.4 Å². The third kappa shape index (κ3) is 2.86. The van der Waals surface area contributed by atoms with Crippen molar-refractivity contribution in [1.29, 1.82) is 0 Å². The Balaban J connectivity index is 2.86. The van der Waals surface area contributed by atoms with Crippen LogP contribution in [0.3, 0.4) is 0 Å². The van der Waals surface area contributed by atoms with Crippen LogP contribution in [-0.4, -0.2) is 10.6 Å². The second-order valence-corrected chi connectivity index (χ2v) is 4.12. The summed E-state index contributed by atoms with van der Waals surface area (Å²) in [5.41, 5.74) is 6.68. The average Bonchev–Trinajstić information content (AvgIpc) is 2.11. The van der Waals surface area contributed by atoms with Gasteiger partial charge in [0.25, 0.3) is 5.82 Å². The Hall–Kier alpha value is -0.800.